The lowest BCUT2D eigenvalue weighted by Crippen LogP contribution is -2.11. The molecule has 0 amide bonds. The Hall–Kier alpha value is -0.690. The molecule has 0 aliphatic rings. The molecule has 0 unspecified atom stereocenters. The summed E-state index contributed by atoms with van der Waals surface area (Å²) in [6.45, 7) is 6.71. The van der Waals surface area contributed by atoms with Crippen LogP contribution in [0.25, 0.3) is 0 Å². The van der Waals surface area contributed by atoms with Crippen molar-refractivity contribution in [2.45, 2.75) is 40.0 Å². The van der Waals surface area contributed by atoms with Crippen molar-refractivity contribution in [1.29, 1.82) is 0 Å². The maximum Gasteiger partial charge on any atom is -0.00630 e. The molecule has 0 aliphatic heterocycles. The molecule has 1 aromatic carbocycles. The molecule has 0 aliphatic carbocycles. The second kappa shape index (κ2) is 5.41. The van der Waals surface area contributed by atoms with E-state index in [1.54, 1.807) is 0 Å². The van der Waals surface area contributed by atoms with Gasteiger partial charge in [0.05, 0.1) is 0 Å². The lowest BCUT2D eigenvalue weighted by Gasteiger charge is -2.18. The van der Waals surface area contributed by atoms with Gasteiger partial charge in [-0.15, -0.1) is 0 Å². The van der Waals surface area contributed by atoms with Crippen LogP contribution in [0, 0.1) is 5.41 Å². The van der Waals surface area contributed by atoms with Crippen molar-refractivity contribution in [2.24, 2.45) is 5.41 Å². The SMILES string of the molecule is CC(C)(C)CC(=S)CCc1ccccc1. The lowest BCUT2D eigenvalue weighted by atomic mass is 9.89. The van der Waals surface area contributed by atoms with Crippen molar-refractivity contribution in [3.63, 3.8) is 0 Å². The molecule has 0 bridgehead atoms. The Balaban J connectivity index is 2.35. The van der Waals surface area contributed by atoms with Crippen LogP contribution in [-0.2, 0) is 6.42 Å². The normalized spacial score (nSPS) is 11.4. The Morgan fingerprint density at radius 1 is 1.13 bits per heavy atom. The van der Waals surface area contributed by atoms with Crippen LogP contribution in [0.5, 0.6) is 0 Å². The average Bonchev–Trinajstić information content (AvgIpc) is 2.14. The molecule has 0 saturated carbocycles. The van der Waals surface area contributed by atoms with Gasteiger partial charge in [-0.25, -0.2) is 0 Å². The predicted octanol–water partition coefficient (Wildman–Crippen LogP) is 4.43. The van der Waals surface area contributed by atoms with Crippen LogP contribution in [0.3, 0.4) is 0 Å². The van der Waals surface area contributed by atoms with Crippen LogP contribution in [0.1, 0.15) is 39.2 Å². The van der Waals surface area contributed by atoms with E-state index in [4.69, 9.17) is 12.2 Å². The smallest absolute Gasteiger partial charge is 0.00630 e. The van der Waals surface area contributed by atoms with Crippen molar-refractivity contribution >= 4 is 17.1 Å². The third-order valence-corrected chi connectivity index (χ3v) is 2.61. The third kappa shape index (κ3) is 5.68. The minimum Gasteiger partial charge on any atom is -0.0897 e. The molecule has 0 heterocycles. The number of hydrogen-bond donors (Lipinski definition) is 0. The Bertz CT molecular complexity index is 306. The van der Waals surface area contributed by atoms with E-state index < -0.39 is 0 Å². The van der Waals surface area contributed by atoms with Gasteiger partial charge in [0, 0.05) is 0 Å². The molecule has 0 atom stereocenters. The van der Waals surface area contributed by atoms with Crippen LogP contribution in [-0.4, -0.2) is 4.86 Å². The van der Waals surface area contributed by atoms with E-state index in [0.29, 0.717) is 5.41 Å². The van der Waals surface area contributed by atoms with Gasteiger partial charge >= 0.3 is 0 Å². The lowest BCUT2D eigenvalue weighted by molar-refractivity contribution is 0.433. The van der Waals surface area contributed by atoms with Gasteiger partial charge in [0.15, 0.2) is 0 Å². The van der Waals surface area contributed by atoms with Gasteiger partial charge in [-0.05, 0) is 35.1 Å². The van der Waals surface area contributed by atoms with Gasteiger partial charge in [0.25, 0.3) is 0 Å². The van der Waals surface area contributed by atoms with Crippen LogP contribution in [0.15, 0.2) is 30.3 Å². The highest BCUT2D eigenvalue weighted by Gasteiger charge is 2.12. The summed E-state index contributed by atoms with van der Waals surface area (Å²) in [5.74, 6) is 0. The first-order valence-electron chi connectivity index (χ1n) is 5.53. The minimum atomic E-state index is 0.327. The van der Waals surface area contributed by atoms with E-state index in [0.717, 1.165) is 19.3 Å². The van der Waals surface area contributed by atoms with Crippen molar-refractivity contribution in [1.82, 2.24) is 0 Å². The fourth-order valence-electron chi connectivity index (χ4n) is 1.61. The predicted molar refractivity (Wildman–Crippen MR) is 71.4 cm³/mol. The van der Waals surface area contributed by atoms with Crippen LogP contribution >= 0.6 is 12.2 Å². The molecular weight excluding hydrogens is 200 g/mol. The molecule has 82 valence electrons. The van der Waals surface area contributed by atoms with E-state index >= 15 is 0 Å². The summed E-state index contributed by atoms with van der Waals surface area (Å²) >= 11 is 5.40. The number of thiocarbonyl (C=S) groups is 1. The van der Waals surface area contributed by atoms with Crippen molar-refractivity contribution in [2.75, 3.05) is 0 Å². The highest BCUT2D eigenvalue weighted by Crippen LogP contribution is 2.21. The molecular formula is C14H20S. The summed E-state index contributed by atoms with van der Waals surface area (Å²) in [5.41, 5.74) is 1.71. The van der Waals surface area contributed by atoms with Gasteiger partial charge in [-0.2, -0.15) is 0 Å². The third-order valence-electron chi connectivity index (χ3n) is 2.26. The van der Waals surface area contributed by atoms with Gasteiger partial charge in [0.2, 0.25) is 0 Å². The summed E-state index contributed by atoms with van der Waals surface area (Å²) in [7, 11) is 0. The monoisotopic (exact) mass is 220 g/mol. The first-order chi connectivity index (χ1) is 6.97. The van der Waals surface area contributed by atoms with E-state index in [-0.39, 0.29) is 0 Å². The summed E-state index contributed by atoms with van der Waals surface area (Å²) in [4.78, 5) is 1.20. The molecule has 1 aromatic rings. The Morgan fingerprint density at radius 2 is 1.73 bits per heavy atom. The summed E-state index contributed by atoms with van der Waals surface area (Å²) < 4.78 is 0. The number of aryl methyl sites for hydroxylation is 1. The maximum absolute atomic E-state index is 5.40. The van der Waals surface area contributed by atoms with Crippen LogP contribution in [0.2, 0.25) is 0 Å². The second-order valence-electron chi connectivity index (χ2n) is 5.26. The molecule has 15 heavy (non-hydrogen) atoms. The fraction of sp³-hybridized carbons (Fsp3) is 0.500. The zero-order valence-corrected chi connectivity index (χ0v) is 10.7. The van der Waals surface area contributed by atoms with Gasteiger partial charge in [-0.1, -0.05) is 63.3 Å². The Labute approximate surface area is 98.7 Å². The number of hydrogen-bond acceptors (Lipinski definition) is 1. The molecule has 0 N–H and O–H groups in total. The van der Waals surface area contributed by atoms with Gasteiger partial charge < -0.3 is 0 Å². The average molecular weight is 220 g/mol. The van der Waals surface area contributed by atoms with E-state index in [1.807, 2.05) is 0 Å². The molecule has 0 nitrogen and oxygen atoms in total. The number of benzene rings is 1. The van der Waals surface area contributed by atoms with Crippen molar-refractivity contribution < 1.29 is 0 Å². The zero-order chi connectivity index (χ0) is 11.3. The summed E-state index contributed by atoms with van der Waals surface area (Å²) in [5, 5.41) is 0. The van der Waals surface area contributed by atoms with E-state index in [1.165, 1.54) is 10.4 Å². The number of rotatable bonds is 4. The zero-order valence-electron chi connectivity index (χ0n) is 9.92. The van der Waals surface area contributed by atoms with Crippen molar-refractivity contribution in [3.05, 3.63) is 35.9 Å². The Morgan fingerprint density at radius 3 is 2.27 bits per heavy atom. The molecule has 1 rings (SSSR count). The molecule has 1 heteroatoms. The van der Waals surface area contributed by atoms with Crippen molar-refractivity contribution in [3.8, 4) is 0 Å². The minimum absolute atomic E-state index is 0.327. The van der Waals surface area contributed by atoms with Crippen LogP contribution in [0.4, 0.5) is 0 Å². The summed E-state index contributed by atoms with van der Waals surface area (Å²) in [6.07, 6.45) is 3.17. The summed E-state index contributed by atoms with van der Waals surface area (Å²) in [6, 6.07) is 10.6. The highest BCUT2D eigenvalue weighted by molar-refractivity contribution is 7.80. The highest BCUT2D eigenvalue weighted by atomic mass is 32.1. The standard InChI is InChI=1S/C14H20S/c1-14(2,3)11-13(15)10-9-12-7-5-4-6-8-12/h4-8H,9-11H2,1-3H3. The fourth-order valence-corrected chi connectivity index (χ4v) is 2.14. The maximum atomic E-state index is 5.40. The molecule has 0 fully saturated rings. The first kappa shape index (κ1) is 12.4. The van der Waals surface area contributed by atoms with Gasteiger partial charge in [-0.3, -0.25) is 0 Å². The van der Waals surface area contributed by atoms with E-state index in [9.17, 15) is 0 Å². The molecule has 0 aromatic heterocycles. The van der Waals surface area contributed by atoms with Gasteiger partial charge in [0.1, 0.15) is 0 Å². The quantitative estimate of drug-likeness (QED) is 0.677. The van der Waals surface area contributed by atoms with Crippen LogP contribution < -0.4 is 0 Å². The van der Waals surface area contributed by atoms with E-state index in [2.05, 4.69) is 51.1 Å². The first-order valence-corrected chi connectivity index (χ1v) is 5.94. The molecule has 0 radical (unpaired) electrons. The Kier molecular flexibility index (Phi) is 4.46. The topological polar surface area (TPSA) is 0 Å². The molecule has 0 spiro atoms. The molecule has 0 saturated heterocycles. The largest absolute Gasteiger partial charge is 0.0897 e. The second-order valence-corrected chi connectivity index (χ2v) is 5.84.